The molecule has 0 aliphatic heterocycles. The maximum absolute atomic E-state index is 8.63. The smallest absolute Gasteiger partial charge is 0.133 e. The molecule has 2 aromatic rings. The van der Waals surface area contributed by atoms with E-state index in [9.17, 15) is 0 Å². The van der Waals surface area contributed by atoms with E-state index in [2.05, 4.69) is 4.98 Å². The number of phenols is 1. The van der Waals surface area contributed by atoms with Crippen LogP contribution in [-0.4, -0.2) is 15.2 Å². The highest BCUT2D eigenvalue weighted by atomic mass is 16.3. The summed E-state index contributed by atoms with van der Waals surface area (Å²) in [4.78, 5) is 3.63. The average molecular weight is 219 g/mol. The predicted octanol–water partition coefficient (Wildman–Crippen LogP) is 3.21. The summed E-state index contributed by atoms with van der Waals surface area (Å²) in [6, 6.07) is 12.0. The number of aromatic nitrogens is 1. The Bertz CT molecular complexity index is 311. The summed E-state index contributed by atoms with van der Waals surface area (Å²) in [5, 5.41) is 17.2. The molecule has 2 rings (SSSR count). The lowest BCUT2D eigenvalue weighted by molar-refractivity contribution is 0.472. The summed E-state index contributed by atoms with van der Waals surface area (Å²) < 4.78 is 0. The Morgan fingerprint density at radius 1 is 0.812 bits per heavy atom. The second-order valence-corrected chi connectivity index (χ2v) is 2.55. The van der Waals surface area contributed by atoms with E-state index in [1.54, 1.807) is 42.6 Å². The summed E-state index contributed by atoms with van der Waals surface area (Å²) in [6.07, 6.45) is 3.00. The number of hydrogen-bond acceptors (Lipinski definition) is 3. The number of para-hydroxylation sites is 1. The monoisotopic (exact) mass is 219 g/mol. The van der Waals surface area contributed by atoms with Crippen molar-refractivity contribution in [3.05, 3.63) is 54.9 Å². The molecule has 2 N–H and O–H groups in total. The van der Waals surface area contributed by atoms with Gasteiger partial charge in [-0.25, -0.2) is 0 Å². The maximum Gasteiger partial charge on any atom is 0.133 e. The molecule has 0 saturated carbocycles. The molecule has 1 aromatic carbocycles. The fourth-order valence-corrected chi connectivity index (χ4v) is 0.782. The van der Waals surface area contributed by atoms with E-state index in [-0.39, 0.29) is 5.75 Å². The van der Waals surface area contributed by atoms with E-state index in [1.165, 1.54) is 6.20 Å². The van der Waals surface area contributed by atoms with Gasteiger partial charge in [0.05, 0.1) is 6.20 Å². The third kappa shape index (κ3) is 7.38. The van der Waals surface area contributed by atoms with Crippen molar-refractivity contribution in [1.82, 2.24) is 4.98 Å². The molecule has 3 nitrogen and oxygen atoms in total. The Morgan fingerprint density at radius 3 is 1.62 bits per heavy atom. The quantitative estimate of drug-likeness (QED) is 0.715. The third-order valence-electron chi connectivity index (χ3n) is 1.40. The molecule has 0 bridgehead atoms. The first-order valence-corrected chi connectivity index (χ1v) is 5.12. The molecule has 0 atom stereocenters. The van der Waals surface area contributed by atoms with E-state index in [0.717, 1.165) is 0 Å². The van der Waals surface area contributed by atoms with Gasteiger partial charge in [0.1, 0.15) is 11.5 Å². The molecule has 0 spiro atoms. The van der Waals surface area contributed by atoms with E-state index < -0.39 is 0 Å². The highest BCUT2D eigenvalue weighted by molar-refractivity contribution is 5.18. The van der Waals surface area contributed by atoms with Gasteiger partial charge in [0.2, 0.25) is 0 Å². The second-order valence-electron chi connectivity index (χ2n) is 2.55. The lowest BCUT2D eigenvalue weighted by Crippen LogP contribution is -1.64. The summed E-state index contributed by atoms with van der Waals surface area (Å²) >= 11 is 0. The van der Waals surface area contributed by atoms with Gasteiger partial charge in [-0.05, 0) is 24.3 Å². The number of phenolic OH excluding ortho intramolecular Hbond substituents is 1. The van der Waals surface area contributed by atoms with E-state index in [0.29, 0.717) is 5.75 Å². The number of rotatable bonds is 0. The number of hydrogen-bond donors (Lipinski definition) is 2. The van der Waals surface area contributed by atoms with Crippen LogP contribution in [0.3, 0.4) is 0 Å². The van der Waals surface area contributed by atoms with Crippen LogP contribution in [-0.2, 0) is 0 Å². The van der Waals surface area contributed by atoms with Gasteiger partial charge in [0.15, 0.2) is 0 Å². The zero-order valence-corrected chi connectivity index (χ0v) is 9.54. The summed E-state index contributed by atoms with van der Waals surface area (Å²) in [5.74, 6) is 0.532. The van der Waals surface area contributed by atoms with Crippen molar-refractivity contribution < 1.29 is 10.2 Å². The van der Waals surface area contributed by atoms with Crippen molar-refractivity contribution in [3.63, 3.8) is 0 Å². The van der Waals surface area contributed by atoms with E-state index in [1.807, 2.05) is 19.9 Å². The van der Waals surface area contributed by atoms with Gasteiger partial charge in [-0.1, -0.05) is 32.0 Å². The predicted molar refractivity (Wildman–Crippen MR) is 65.4 cm³/mol. The molecule has 3 heteroatoms. The topological polar surface area (TPSA) is 53.4 Å². The van der Waals surface area contributed by atoms with Crippen LogP contribution in [0.5, 0.6) is 11.5 Å². The van der Waals surface area contributed by atoms with Crippen molar-refractivity contribution in [2.24, 2.45) is 0 Å². The Morgan fingerprint density at radius 2 is 1.38 bits per heavy atom. The molecular weight excluding hydrogens is 202 g/mol. The van der Waals surface area contributed by atoms with Gasteiger partial charge in [0, 0.05) is 6.20 Å². The SMILES string of the molecule is CC.Oc1ccccc1.Oc1cccnc1. The molecule has 0 aliphatic rings. The summed E-state index contributed by atoms with van der Waals surface area (Å²) in [7, 11) is 0. The highest BCUT2D eigenvalue weighted by Crippen LogP contribution is 2.02. The minimum absolute atomic E-state index is 0.211. The average Bonchev–Trinajstić information content (AvgIpc) is 2.34. The molecule has 1 heterocycles. The van der Waals surface area contributed by atoms with E-state index in [4.69, 9.17) is 10.2 Å². The minimum Gasteiger partial charge on any atom is -0.508 e. The first-order chi connectivity index (χ1) is 7.79. The molecule has 86 valence electrons. The fraction of sp³-hybridized carbons (Fsp3) is 0.154. The molecule has 1 aromatic heterocycles. The van der Waals surface area contributed by atoms with Gasteiger partial charge in [0.25, 0.3) is 0 Å². The van der Waals surface area contributed by atoms with Crippen molar-refractivity contribution in [1.29, 1.82) is 0 Å². The zero-order valence-electron chi connectivity index (χ0n) is 9.54. The number of nitrogens with zero attached hydrogens (tertiary/aromatic N) is 1. The molecule has 0 saturated heterocycles. The normalized spacial score (nSPS) is 7.88. The summed E-state index contributed by atoms with van der Waals surface area (Å²) in [6.45, 7) is 4.00. The van der Waals surface area contributed by atoms with Crippen LogP contribution in [0.2, 0.25) is 0 Å². The Kier molecular flexibility index (Phi) is 8.31. The van der Waals surface area contributed by atoms with Crippen molar-refractivity contribution in [3.8, 4) is 11.5 Å². The van der Waals surface area contributed by atoms with Crippen LogP contribution < -0.4 is 0 Å². The van der Waals surface area contributed by atoms with Gasteiger partial charge in [-0.3, -0.25) is 4.98 Å². The molecule has 0 amide bonds. The van der Waals surface area contributed by atoms with Gasteiger partial charge < -0.3 is 10.2 Å². The first kappa shape index (κ1) is 14.0. The number of aromatic hydroxyl groups is 2. The second kappa shape index (κ2) is 9.52. The Balaban J connectivity index is 0.000000244. The van der Waals surface area contributed by atoms with Crippen LogP contribution in [0, 0.1) is 0 Å². The van der Waals surface area contributed by atoms with Crippen LogP contribution in [0.15, 0.2) is 54.9 Å². The Labute approximate surface area is 96.0 Å². The van der Waals surface area contributed by atoms with Crippen LogP contribution >= 0.6 is 0 Å². The molecule has 0 radical (unpaired) electrons. The number of benzene rings is 1. The Hall–Kier alpha value is -2.03. The van der Waals surface area contributed by atoms with Crippen LogP contribution in [0.25, 0.3) is 0 Å². The first-order valence-electron chi connectivity index (χ1n) is 5.12. The van der Waals surface area contributed by atoms with Crippen molar-refractivity contribution >= 4 is 0 Å². The van der Waals surface area contributed by atoms with Crippen molar-refractivity contribution in [2.45, 2.75) is 13.8 Å². The molecule has 0 fully saturated rings. The minimum atomic E-state index is 0.211. The summed E-state index contributed by atoms with van der Waals surface area (Å²) in [5.41, 5.74) is 0. The van der Waals surface area contributed by atoms with Gasteiger partial charge in [-0.15, -0.1) is 0 Å². The van der Waals surface area contributed by atoms with Crippen molar-refractivity contribution in [2.75, 3.05) is 0 Å². The largest absolute Gasteiger partial charge is 0.508 e. The van der Waals surface area contributed by atoms with Gasteiger partial charge in [-0.2, -0.15) is 0 Å². The molecule has 0 aliphatic carbocycles. The molecule has 0 unspecified atom stereocenters. The van der Waals surface area contributed by atoms with E-state index >= 15 is 0 Å². The lowest BCUT2D eigenvalue weighted by Gasteiger charge is -1.82. The maximum atomic E-state index is 8.63. The van der Waals surface area contributed by atoms with Crippen LogP contribution in [0.1, 0.15) is 13.8 Å². The van der Waals surface area contributed by atoms with Gasteiger partial charge >= 0.3 is 0 Å². The third-order valence-corrected chi connectivity index (χ3v) is 1.40. The standard InChI is InChI=1S/C6H6O.C5H5NO.C2H6/c7-6-4-2-1-3-5-6;7-5-2-1-3-6-4-5;1-2/h1-5,7H;1-4,7H;1-2H3. The molecular formula is C13H17NO2. The number of pyridine rings is 1. The lowest BCUT2D eigenvalue weighted by atomic mass is 10.3. The zero-order chi connectivity index (χ0) is 12.2. The molecule has 16 heavy (non-hydrogen) atoms. The fourth-order valence-electron chi connectivity index (χ4n) is 0.782. The highest BCUT2D eigenvalue weighted by Gasteiger charge is 1.76. The van der Waals surface area contributed by atoms with Crippen LogP contribution in [0.4, 0.5) is 0 Å².